The van der Waals surface area contributed by atoms with Crippen LogP contribution in [0.4, 0.5) is 0 Å². The molecule has 0 radical (unpaired) electrons. The Labute approximate surface area is 91.7 Å². The van der Waals surface area contributed by atoms with Crippen molar-refractivity contribution in [3.05, 3.63) is 0 Å². The quantitative estimate of drug-likeness (QED) is 0.648. The van der Waals surface area contributed by atoms with Crippen molar-refractivity contribution in [1.29, 1.82) is 0 Å². The van der Waals surface area contributed by atoms with E-state index in [1.165, 1.54) is 0 Å². The van der Waals surface area contributed by atoms with Gasteiger partial charge >= 0.3 is 0 Å². The molecule has 86 valence electrons. The number of hydrogen-bond acceptors (Lipinski definition) is 4. The molecular weight excluding hydrogens is 218 g/mol. The maximum Gasteiger partial charge on any atom is 0.151 e. The molecule has 0 amide bonds. The van der Waals surface area contributed by atoms with Crippen LogP contribution in [0.3, 0.4) is 0 Å². The Morgan fingerprint density at radius 1 is 1.29 bits per heavy atom. The van der Waals surface area contributed by atoms with E-state index in [0.717, 1.165) is 12.2 Å². The van der Waals surface area contributed by atoms with E-state index >= 15 is 0 Å². The van der Waals surface area contributed by atoms with Gasteiger partial charge in [-0.3, -0.25) is 0 Å². The molecule has 0 aromatic carbocycles. The first-order chi connectivity index (χ1) is 6.48. The van der Waals surface area contributed by atoms with E-state index in [4.69, 9.17) is 5.73 Å². The van der Waals surface area contributed by atoms with Crippen LogP contribution in [-0.2, 0) is 9.84 Å². The molecule has 0 spiro atoms. The largest absolute Gasteiger partial charge is 0.328 e. The van der Waals surface area contributed by atoms with Crippen LogP contribution in [-0.4, -0.2) is 37.5 Å². The number of nitrogens with two attached hydrogens (primary N) is 1. The molecule has 0 aliphatic rings. The maximum atomic E-state index is 11.3. The summed E-state index contributed by atoms with van der Waals surface area (Å²) in [5.74, 6) is 2.29. The normalized spacial score (nSPS) is 14.2. The summed E-state index contributed by atoms with van der Waals surface area (Å²) in [5.41, 5.74) is 5.58. The monoisotopic (exact) mass is 239 g/mol. The maximum absolute atomic E-state index is 11.3. The van der Waals surface area contributed by atoms with Crippen LogP contribution in [0.25, 0.3) is 0 Å². The minimum absolute atomic E-state index is 0.217. The lowest BCUT2D eigenvalue weighted by atomic mass is 10.3. The molecule has 0 aromatic rings. The molecule has 0 aromatic heterocycles. The number of rotatable bonds is 8. The first-order valence-electron chi connectivity index (χ1n) is 5.01. The Bertz CT molecular complexity index is 225. The summed E-state index contributed by atoms with van der Waals surface area (Å²) in [6, 6.07) is 0.217. The third kappa shape index (κ3) is 8.84. The van der Waals surface area contributed by atoms with Gasteiger partial charge in [-0.1, -0.05) is 6.92 Å². The van der Waals surface area contributed by atoms with Crippen molar-refractivity contribution in [1.82, 2.24) is 0 Å². The molecule has 14 heavy (non-hydrogen) atoms. The zero-order chi connectivity index (χ0) is 11.0. The highest BCUT2D eigenvalue weighted by molar-refractivity contribution is 8.00. The van der Waals surface area contributed by atoms with Crippen molar-refractivity contribution in [3.63, 3.8) is 0 Å². The van der Waals surface area contributed by atoms with Crippen LogP contribution in [0, 0.1) is 0 Å². The third-order valence-corrected chi connectivity index (χ3v) is 4.90. The van der Waals surface area contributed by atoms with E-state index < -0.39 is 9.84 Å². The molecule has 0 bridgehead atoms. The zero-order valence-electron chi connectivity index (χ0n) is 9.03. The van der Waals surface area contributed by atoms with Gasteiger partial charge in [0.25, 0.3) is 0 Å². The van der Waals surface area contributed by atoms with Crippen molar-refractivity contribution in [3.8, 4) is 0 Å². The summed E-state index contributed by atoms with van der Waals surface area (Å²) < 4.78 is 22.6. The fourth-order valence-corrected chi connectivity index (χ4v) is 4.03. The minimum atomic E-state index is -2.78. The standard InChI is InChI=1S/C9H21NO2S2/c1-3-7-14(11,12)8-6-13-5-4-9(2)10/h9H,3-8,10H2,1-2H3. The van der Waals surface area contributed by atoms with E-state index in [1.807, 2.05) is 13.8 Å². The number of sulfone groups is 1. The van der Waals surface area contributed by atoms with Gasteiger partial charge in [-0.25, -0.2) is 8.42 Å². The van der Waals surface area contributed by atoms with E-state index in [0.29, 0.717) is 23.7 Å². The second-order valence-electron chi connectivity index (χ2n) is 3.53. The number of hydrogen-bond donors (Lipinski definition) is 1. The van der Waals surface area contributed by atoms with E-state index in [1.54, 1.807) is 11.8 Å². The van der Waals surface area contributed by atoms with Crippen molar-refractivity contribution < 1.29 is 8.42 Å². The second kappa shape index (κ2) is 7.54. The first-order valence-corrected chi connectivity index (χ1v) is 7.99. The van der Waals surface area contributed by atoms with E-state index in [2.05, 4.69) is 0 Å². The Morgan fingerprint density at radius 3 is 2.43 bits per heavy atom. The summed E-state index contributed by atoms with van der Waals surface area (Å²) in [7, 11) is -2.78. The lowest BCUT2D eigenvalue weighted by Gasteiger charge is -2.05. The molecule has 3 nitrogen and oxygen atoms in total. The summed E-state index contributed by atoms with van der Waals surface area (Å²) in [6.45, 7) is 3.86. The minimum Gasteiger partial charge on any atom is -0.328 e. The zero-order valence-corrected chi connectivity index (χ0v) is 10.7. The molecule has 1 atom stereocenters. The smallest absolute Gasteiger partial charge is 0.151 e. The highest BCUT2D eigenvalue weighted by atomic mass is 32.2. The Morgan fingerprint density at radius 2 is 1.93 bits per heavy atom. The van der Waals surface area contributed by atoms with Crippen molar-refractivity contribution in [2.75, 3.05) is 23.0 Å². The highest BCUT2D eigenvalue weighted by Gasteiger charge is 2.08. The molecule has 0 aliphatic heterocycles. The fourth-order valence-electron chi connectivity index (χ4n) is 0.970. The topological polar surface area (TPSA) is 60.2 Å². The molecular formula is C9H21NO2S2. The molecule has 2 N–H and O–H groups in total. The van der Waals surface area contributed by atoms with Crippen LogP contribution in [0.1, 0.15) is 26.7 Å². The van der Waals surface area contributed by atoms with Crippen LogP contribution in [0.2, 0.25) is 0 Å². The lowest BCUT2D eigenvalue weighted by molar-refractivity contribution is 0.596. The van der Waals surface area contributed by atoms with Gasteiger partial charge in [-0.05, 0) is 25.5 Å². The van der Waals surface area contributed by atoms with Crippen LogP contribution in [0.15, 0.2) is 0 Å². The summed E-state index contributed by atoms with van der Waals surface area (Å²) in [5, 5.41) is 0. The van der Waals surface area contributed by atoms with Gasteiger partial charge in [0.2, 0.25) is 0 Å². The molecule has 0 fully saturated rings. The van der Waals surface area contributed by atoms with Crippen LogP contribution in [0.5, 0.6) is 0 Å². The average Bonchev–Trinajstić information content (AvgIpc) is 2.02. The van der Waals surface area contributed by atoms with Gasteiger partial charge < -0.3 is 5.73 Å². The van der Waals surface area contributed by atoms with Gasteiger partial charge in [0, 0.05) is 17.5 Å². The summed E-state index contributed by atoms with van der Waals surface area (Å²) in [6.07, 6.45) is 1.67. The lowest BCUT2D eigenvalue weighted by Crippen LogP contribution is -2.16. The number of thioether (sulfide) groups is 1. The van der Waals surface area contributed by atoms with Gasteiger partial charge in [-0.2, -0.15) is 11.8 Å². The summed E-state index contributed by atoms with van der Waals surface area (Å²) >= 11 is 1.68. The molecule has 0 saturated carbocycles. The summed E-state index contributed by atoms with van der Waals surface area (Å²) in [4.78, 5) is 0. The molecule has 0 heterocycles. The second-order valence-corrected chi connectivity index (χ2v) is 7.06. The van der Waals surface area contributed by atoms with Crippen LogP contribution < -0.4 is 5.73 Å². The predicted molar refractivity (Wildman–Crippen MR) is 64.5 cm³/mol. The van der Waals surface area contributed by atoms with E-state index in [9.17, 15) is 8.42 Å². The van der Waals surface area contributed by atoms with Crippen molar-refractivity contribution in [2.24, 2.45) is 5.73 Å². The van der Waals surface area contributed by atoms with Gasteiger partial charge in [0.1, 0.15) is 0 Å². The molecule has 1 unspecified atom stereocenters. The Kier molecular flexibility index (Phi) is 7.68. The van der Waals surface area contributed by atoms with Gasteiger partial charge in [-0.15, -0.1) is 0 Å². The molecule has 0 saturated heterocycles. The van der Waals surface area contributed by atoms with Gasteiger partial charge in [0.15, 0.2) is 9.84 Å². The third-order valence-electron chi connectivity index (χ3n) is 1.77. The SMILES string of the molecule is CCCS(=O)(=O)CCSCCC(C)N. The Balaban J connectivity index is 3.45. The molecule has 0 aliphatic carbocycles. The average molecular weight is 239 g/mol. The van der Waals surface area contributed by atoms with Crippen molar-refractivity contribution in [2.45, 2.75) is 32.7 Å². The predicted octanol–water partition coefficient (Wildman–Crippen LogP) is 1.28. The fraction of sp³-hybridized carbons (Fsp3) is 1.00. The van der Waals surface area contributed by atoms with E-state index in [-0.39, 0.29) is 6.04 Å². The van der Waals surface area contributed by atoms with Crippen LogP contribution >= 0.6 is 11.8 Å². The van der Waals surface area contributed by atoms with Crippen molar-refractivity contribution >= 4 is 21.6 Å². The highest BCUT2D eigenvalue weighted by Crippen LogP contribution is 2.06. The molecule has 5 heteroatoms. The van der Waals surface area contributed by atoms with Gasteiger partial charge in [0.05, 0.1) is 5.75 Å². The Hall–Kier alpha value is 0.260. The molecule has 0 rings (SSSR count). The first kappa shape index (κ1) is 14.3.